The number of aliphatic hydroxyl groups excluding tert-OH is 1. The van der Waals surface area contributed by atoms with E-state index in [1.807, 2.05) is 31.2 Å². The van der Waals surface area contributed by atoms with Gasteiger partial charge in [0.2, 0.25) is 5.78 Å². The van der Waals surface area contributed by atoms with Crippen molar-refractivity contribution in [1.29, 1.82) is 0 Å². The van der Waals surface area contributed by atoms with Gasteiger partial charge in [0.25, 0.3) is 5.91 Å². The summed E-state index contributed by atoms with van der Waals surface area (Å²) in [5.41, 5.74) is 1.80. The molecule has 1 atom stereocenters. The van der Waals surface area contributed by atoms with Gasteiger partial charge in [-0.15, -0.1) is 11.3 Å². The van der Waals surface area contributed by atoms with E-state index < -0.39 is 17.7 Å². The standard InChI is InChI=1S/C20H16N2O4S/c1-11-5-7-13(8-6-11)17-16(18(23)14-4-3-9-27-14)19(24)20(25)22(17)15-10-12(2)26-21-15/h3-10,17,24H,1-2H3. The van der Waals surface area contributed by atoms with E-state index in [-0.39, 0.29) is 17.2 Å². The summed E-state index contributed by atoms with van der Waals surface area (Å²) in [6.07, 6.45) is 0. The molecule has 7 heteroatoms. The molecule has 3 aromatic rings. The highest BCUT2D eigenvalue weighted by atomic mass is 32.1. The van der Waals surface area contributed by atoms with Gasteiger partial charge in [0.05, 0.1) is 16.5 Å². The molecule has 0 saturated heterocycles. The van der Waals surface area contributed by atoms with Crippen LogP contribution in [0.15, 0.2) is 63.7 Å². The van der Waals surface area contributed by atoms with Gasteiger partial charge in [0, 0.05) is 6.07 Å². The number of nitrogens with zero attached hydrogens (tertiary/aromatic N) is 2. The Bertz CT molecular complexity index is 1050. The Morgan fingerprint density at radius 3 is 2.56 bits per heavy atom. The number of thiophene rings is 1. The first kappa shape index (κ1) is 17.2. The number of rotatable bonds is 4. The lowest BCUT2D eigenvalue weighted by Crippen LogP contribution is -2.31. The maximum atomic E-state index is 13.1. The molecule has 0 fully saturated rings. The number of aryl methyl sites for hydroxylation is 2. The molecule has 136 valence electrons. The number of Topliss-reactive ketones (excluding diaryl/α,β-unsaturated/α-hetero) is 1. The van der Waals surface area contributed by atoms with Gasteiger partial charge in [-0.25, -0.2) is 0 Å². The summed E-state index contributed by atoms with van der Waals surface area (Å²) in [6, 6.07) is 11.7. The van der Waals surface area contributed by atoms with E-state index in [0.29, 0.717) is 16.2 Å². The van der Waals surface area contributed by atoms with E-state index in [2.05, 4.69) is 5.16 Å². The molecule has 0 saturated carbocycles. The molecule has 6 nitrogen and oxygen atoms in total. The lowest BCUT2D eigenvalue weighted by Gasteiger charge is -2.24. The van der Waals surface area contributed by atoms with Crippen LogP contribution in [0.25, 0.3) is 0 Å². The van der Waals surface area contributed by atoms with Crippen molar-refractivity contribution >= 4 is 28.8 Å². The Hall–Kier alpha value is -3.19. The van der Waals surface area contributed by atoms with E-state index in [4.69, 9.17) is 4.52 Å². The van der Waals surface area contributed by atoms with Gasteiger partial charge in [0.1, 0.15) is 5.76 Å². The Labute approximate surface area is 159 Å². The van der Waals surface area contributed by atoms with E-state index in [1.54, 1.807) is 30.5 Å². The zero-order valence-corrected chi connectivity index (χ0v) is 15.5. The van der Waals surface area contributed by atoms with Crippen LogP contribution in [0.4, 0.5) is 5.82 Å². The first-order valence-electron chi connectivity index (χ1n) is 8.32. The Balaban J connectivity index is 1.88. The van der Waals surface area contributed by atoms with Crippen molar-refractivity contribution in [2.45, 2.75) is 19.9 Å². The fraction of sp³-hybridized carbons (Fsp3) is 0.150. The minimum absolute atomic E-state index is 0.0481. The Morgan fingerprint density at radius 1 is 1.22 bits per heavy atom. The lowest BCUT2D eigenvalue weighted by atomic mass is 9.95. The van der Waals surface area contributed by atoms with Gasteiger partial charge >= 0.3 is 0 Å². The molecule has 1 unspecified atom stereocenters. The first-order valence-corrected chi connectivity index (χ1v) is 9.20. The number of aliphatic hydroxyl groups is 1. The van der Waals surface area contributed by atoms with Crippen LogP contribution >= 0.6 is 11.3 Å². The fourth-order valence-electron chi connectivity index (χ4n) is 3.14. The highest BCUT2D eigenvalue weighted by Gasteiger charge is 2.45. The normalized spacial score (nSPS) is 17.0. The Kier molecular flexibility index (Phi) is 4.16. The van der Waals surface area contributed by atoms with Crippen LogP contribution in [-0.2, 0) is 4.79 Å². The summed E-state index contributed by atoms with van der Waals surface area (Å²) in [4.78, 5) is 27.7. The lowest BCUT2D eigenvalue weighted by molar-refractivity contribution is -0.117. The van der Waals surface area contributed by atoms with Crippen LogP contribution in [0.2, 0.25) is 0 Å². The number of carbonyl (C=O) groups excluding carboxylic acids is 2. The van der Waals surface area contributed by atoms with E-state index in [0.717, 1.165) is 5.56 Å². The smallest absolute Gasteiger partial charge is 0.295 e. The Morgan fingerprint density at radius 2 is 1.96 bits per heavy atom. The van der Waals surface area contributed by atoms with Gasteiger partial charge in [-0.3, -0.25) is 14.5 Å². The molecule has 0 aliphatic carbocycles. The zero-order chi connectivity index (χ0) is 19.1. The fourth-order valence-corrected chi connectivity index (χ4v) is 3.82. The van der Waals surface area contributed by atoms with Gasteiger partial charge in [-0.05, 0) is 30.9 Å². The molecule has 1 amide bonds. The van der Waals surface area contributed by atoms with Crippen molar-refractivity contribution in [2.24, 2.45) is 0 Å². The van der Waals surface area contributed by atoms with Crippen molar-refractivity contribution in [3.05, 3.63) is 80.9 Å². The van der Waals surface area contributed by atoms with Crippen molar-refractivity contribution in [1.82, 2.24) is 5.16 Å². The molecular formula is C20H16N2O4S. The molecule has 0 spiro atoms. The molecule has 3 heterocycles. The van der Waals surface area contributed by atoms with Gasteiger partial charge < -0.3 is 9.63 Å². The third-order valence-corrected chi connectivity index (χ3v) is 5.32. The summed E-state index contributed by atoms with van der Waals surface area (Å²) < 4.78 is 5.10. The molecule has 2 aromatic heterocycles. The second-order valence-electron chi connectivity index (χ2n) is 6.35. The average Bonchev–Trinajstić information content (AvgIpc) is 3.37. The average molecular weight is 380 g/mol. The van der Waals surface area contributed by atoms with Crippen LogP contribution in [0.1, 0.15) is 32.6 Å². The number of benzene rings is 1. The highest BCUT2D eigenvalue weighted by molar-refractivity contribution is 7.12. The number of ketones is 1. The van der Waals surface area contributed by atoms with Crippen molar-refractivity contribution < 1.29 is 19.2 Å². The molecule has 0 radical (unpaired) electrons. The summed E-state index contributed by atoms with van der Waals surface area (Å²) in [7, 11) is 0. The van der Waals surface area contributed by atoms with Crippen LogP contribution in [-0.4, -0.2) is 22.0 Å². The third-order valence-electron chi connectivity index (χ3n) is 4.45. The predicted molar refractivity (Wildman–Crippen MR) is 101 cm³/mol. The second kappa shape index (κ2) is 6.51. The van der Waals surface area contributed by atoms with Crippen LogP contribution in [0.5, 0.6) is 0 Å². The summed E-state index contributed by atoms with van der Waals surface area (Å²) >= 11 is 1.26. The minimum atomic E-state index is -0.780. The summed E-state index contributed by atoms with van der Waals surface area (Å²) in [5, 5.41) is 16.3. The van der Waals surface area contributed by atoms with Gasteiger partial charge in [-0.2, -0.15) is 0 Å². The summed E-state index contributed by atoms with van der Waals surface area (Å²) in [6.45, 7) is 3.66. The highest BCUT2D eigenvalue weighted by Crippen LogP contribution is 2.42. The van der Waals surface area contributed by atoms with Crippen molar-refractivity contribution in [3.8, 4) is 0 Å². The molecule has 1 N–H and O–H groups in total. The first-order chi connectivity index (χ1) is 13.0. The molecule has 27 heavy (non-hydrogen) atoms. The second-order valence-corrected chi connectivity index (χ2v) is 7.30. The number of amides is 1. The maximum absolute atomic E-state index is 13.1. The number of aromatic nitrogens is 1. The topological polar surface area (TPSA) is 83.6 Å². The van der Waals surface area contributed by atoms with Gasteiger partial charge in [0.15, 0.2) is 11.6 Å². The largest absolute Gasteiger partial charge is 0.503 e. The maximum Gasteiger partial charge on any atom is 0.295 e. The quantitative estimate of drug-likeness (QED) is 0.688. The van der Waals surface area contributed by atoms with E-state index in [9.17, 15) is 14.7 Å². The number of carbonyl (C=O) groups is 2. The number of hydrogen-bond donors (Lipinski definition) is 1. The summed E-state index contributed by atoms with van der Waals surface area (Å²) in [5.74, 6) is -0.820. The van der Waals surface area contributed by atoms with Crippen LogP contribution in [0, 0.1) is 13.8 Å². The van der Waals surface area contributed by atoms with Crippen LogP contribution in [0.3, 0.4) is 0 Å². The molecular weight excluding hydrogens is 364 g/mol. The number of hydrogen-bond acceptors (Lipinski definition) is 6. The zero-order valence-electron chi connectivity index (χ0n) is 14.7. The number of anilines is 1. The molecule has 0 bridgehead atoms. The SMILES string of the molecule is Cc1ccc(C2C(C(=O)c3cccs3)=C(O)C(=O)N2c2cc(C)on2)cc1. The van der Waals surface area contributed by atoms with E-state index in [1.165, 1.54) is 16.2 Å². The molecule has 1 aliphatic heterocycles. The van der Waals surface area contributed by atoms with Crippen molar-refractivity contribution in [2.75, 3.05) is 4.90 Å². The monoisotopic (exact) mass is 380 g/mol. The minimum Gasteiger partial charge on any atom is -0.503 e. The van der Waals surface area contributed by atoms with Crippen molar-refractivity contribution in [3.63, 3.8) is 0 Å². The predicted octanol–water partition coefficient (Wildman–Crippen LogP) is 4.14. The van der Waals surface area contributed by atoms with Gasteiger partial charge in [-0.1, -0.05) is 41.1 Å². The molecule has 1 aromatic carbocycles. The van der Waals surface area contributed by atoms with E-state index >= 15 is 0 Å². The molecule has 1 aliphatic rings. The third kappa shape index (κ3) is 2.86. The van der Waals surface area contributed by atoms with Crippen LogP contribution < -0.4 is 4.90 Å². The molecule has 4 rings (SSSR count).